The molecule has 0 aromatic heterocycles. The molecule has 0 unspecified atom stereocenters. The number of aryl methyl sites for hydroxylation is 1. The maximum atomic E-state index is 12.4. The topological polar surface area (TPSA) is 55.4 Å². The molecule has 0 bridgehead atoms. The number of fused-ring (bicyclic) bond motifs is 1. The Kier molecular flexibility index (Phi) is 5.49. The van der Waals surface area contributed by atoms with Crippen LogP contribution in [-0.4, -0.2) is 18.0 Å². The summed E-state index contributed by atoms with van der Waals surface area (Å²) in [7, 11) is 0. The first kappa shape index (κ1) is 17.2. The molecule has 0 fully saturated rings. The summed E-state index contributed by atoms with van der Waals surface area (Å²) in [6, 6.07) is 17.6. The van der Waals surface area contributed by atoms with Gasteiger partial charge in [-0.3, -0.25) is 9.59 Å². The average molecular weight is 337 g/mol. The number of hydrogen-bond donors (Lipinski definition) is 1. The van der Waals surface area contributed by atoms with E-state index in [2.05, 4.69) is 17.4 Å². The summed E-state index contributed by atoms with van der Waals surface area (Å²) in [5.41, 5.74) is 3.33. The number of ether oxygens (including phenoxy) is 1. The standard InChI is InChI=1S/C21H23NO3/c1-15(25-20(23)14-16-8-3-2-4-9-16)21(24)22-19-13-7-11-17-10-5-6-12-18(17)19/h2-6,8-10,12,15,19H,7,11,13-14H2,1H3,(H,22,24)/t15-,19-/m1/s1. The van der Waals surface area contributed by atoms with Gasteiger partial charge in [-0.15, -0.1) is 0 Å². The van der Waals surface area contributed by atoms with Gasteiger partial charge in [0.05, 0.1) is 12.5 Å². The molecule has 1 aliphatic rings. The SMILES string of the molecule is C[C@@H](OC(=O)Cc1ccccc1)C(=O)N[C@@H]1CCCc2ccccc21. The second-order valence-electron chi connectivity index (χ2n) is 6.45. The average Bonchev–Trinajstić information content (AvgIpc) is 2.62. The van der Waals surface area contributed by atoms with E-state index in [-0.39, 0.29) is 18.4 Å². The number of nitrogens with one attached hydrogen (secondary N) is 1. The zero-order valence-corrected chi connectivity index (χ0v) is 14.4. The Labute approximate surface area is 148 Å². The molecule has 0 saturated carbocycles. The fourth-order valence-electron chi connectivity index (χ4n) is 3.25. The van der Waals surface area contributed by atoms with Gasteiger partial charge in [0.1, 0.15) is 0 Å². The molecule has 3 rings (SSSR count). The molecule has 130 valence electrons. The van der Waals surface area contributed by atoms with Gasteiger partial charge >= 0.3 is 5.97 Å². The molecule has 25 heavy (non-hydrogen) atoms. The van der Waals surface area contributed by atoms with Crippen molar-refractivity contribution < 1.29 is 14.3 Å². The molecule has 0 radical (unpaired) electrons. The molecule has 1 N–H and O–H groups in total. The van der Waals surface area contributed by atoms with Gasteiger partial charge in [-0.05, 0) is 42.9 Å². The van der Waals surface area contributed by atoms with Gasteiger partial charge in [0.15, 0.2) is 6.10 Å². The molecule has 4 nitrogen and oxygen atoms in total. The van der Waals surface area contributed by atoms with Gasteiger partial charge in [0.2, 0.25) is 0 Å². The minimum Gasteiger partial charge on any atom is -0.452 e. The van der Waals surface area contributed by atoms with Crippen LogP contribution in [0.4, 0.5) is 0 Å². The van der Waals surface area contributed by atoms with E-state index in [1.165, 1.54) is 11.1 Å². The molecule has 0 aliphatic heterocycles. The van der Waals surface area contributed by atoms with Crippen molar-refractivity contribution in [1.82, 2.24) is 5.32 Å². The van der Waals surface area contributed by atoms with Gasteiger partial charge in [0, 0.05) is 0 Å². The number of esters is 1. The summed E-state index contributed by atoms with van der Waals surface area (Å²) in [5.74, 6) is -0.638. The Bertz CT molecular complexity index is 742. The van der Waals surface area contributed by atoms with Gasteiger partial charge in [-0.2, -0.15) is 0 Å². The van der Waals surface area contributed by atoms with Crippen LogP contribution in [0.2, 0.25) is 0 Å². The van der Waals surface area contributed by atoms with E-state index >= 15 is 0 Å². The number of carbonyl (C=O) groups excluding carboxylic acids is 2. The highest BCUT2D eigenvalue weighted by atomic mass is 16.5. The number of rotatable bonds is 5. The van der Waals surface area contributed by atoms with Gasteiger partial charge in [-0.1, -0.05) is 54.6 Å². The summed E-state index contributed by atoms with van der Waals surface area (Å²) in [5, 5.41) is 3.03. The lowest BCUT2D eigenvalue weighted by atomic mass is 9.87. The maximum absolute atomic E-state index is 12.4. The molecule has 1 amide bonds. The molecular formula is C21H23NO3. The van der Waals surface area contributed by atoms with Crippen molar-refractivity contribution in [2.75, 3.05) is 0 Å². The Balaban J connectivity index is 1.55. The first-order valence-corrected chi connectivity index (χ1v) is 8.75. The van der Waals surface area contributed by atoms with E-state index in [1.54, 1.807) is 6.92 Å². The van der Waals surface area contributed by atoms with E-state index in [9.17, 15) is 9.59 Å². The number of benzene rings is 2. The lowest BCUT2D eigenvalue weighted by Crippen LogP contribution is -2.39. The molecule has 2 aromatic carbocycles. The molecule has 0 saturated heterocycles. The van der Waals surface area contributed by atoms with Crippen LogP contribution in [0.25, 0.3) is 0 Å². The normalized spacial score (nSPS) is 17.2. The van der Waals surface area contributed by atoms with Crippen LogP contribution in [0.1, 0.15) is 42.5 Å². The van der Waals surface area contributed by atoms with Crippen LogP contribution in [0.5, 0.6) is 0 Å². The molecule has 2 aromatic rings. The minimum absolute atomic E-state index is 0.00674. The third-order valence-electron chi connectivity index (χ3n) is 4.55. The fourth-order valence-corrected chi connectivity index (χ4v) is 3.25. The predicted octanol–water partition coefficient (Wildman–Crippen LogP) is 3.35. The maximum Gasteiger partial charge on any atom is 0.311 e. The Hall–Kier alpha value is -2.62. The van der Waals surface area contributed by atoms with Crippen molar-refractivity contribution in [2.45, 2.75) is 44.8 Å². The van der Waals surface area contributed by atoms with Crippen molar-refractivity contribution >= 4 is 11.9 Å². The third kappa shape index (κ3) is 4.47. The van der Waals surface area contributed by atoms with Crippen LogP contribution in [-0.2, 0) is 27.2 Å². The van der Waals surface area contributed by atoms with E-state index in [1.807, 2.05) is 42.5 Å². The summed E-state index contributed by atoms with van der Waals surface area (Å²) >= 11 is 0. The van der Waals surface area contributed by atoms with E-state index in [0.29, 0.717) is 0 Å². The highest BCUT2D eigenvalue weighted by Crippen LogP contribution is 2.29. The van der Waals surface area contributed by atoms with Crippen molar-refractivity contribution in [3.63, 3.8) is 0 Å². The van der Waals surface area contributed by atoms with Crippen LogP contribution in [0, 0.1) is 0 Å². The molecule has 1 aliphatic carbocycles. The zero-order valence-electron chi connectivity index (χ0n) is 14.4. The van der Waals surface area contributed by atoms with Crippen LogP contribution < -0.4 is 5.32 Å². The lowest BCUT2D eigenvalue weighted by Gasteiger charge is -2.27. The van der Waals surface area contributed by atoms with Crippen molar-refractivity contribution in [3.05, 3.63) is 71.3 Å². The second kappa shape index (κ2) is 7.97. The lowest BCUT2D eigenvalue weighted by molar-refractivity contribution is -0.154. The summed E-state index contributed by atoms with van der Waals surface area (Å²) in [4.78, 5) is 24.4. The number of amides is 1. The summed E-state index contributed by atoms with van der Waals surface area (Å²) < 4.78 is 5.29. The Morgan fingerprint density at radius 2 is 1.84 bits per heavy atom. The van der Waals surface area contributed by atoms with Gasteiger partial charge in [-0.25, -0.2) is 0 Å². The first-order chi connectivity index (χ1) is 12.1. The highest BCUT2D eigenvalue weighted by molar-refractivity contribution is 5.84. The third-order valence-corrected chi connectivity index (χ3v) is 4.55. The highest BCUT2D eigenvalue weighted by Gasteiger charge is 2.25. The molecule has 0 heterocycles. The van der Waals surface area contributed by atoms with Crippen LogP contribution in [0.3, 0.4) is 0 Å². The minimum atomic E-state index is -0.801. The fraction of sp³-hybridized carbons (Fsp3) is 0.333. The summed E-state index contributed by atoms with van der Waals surface area (Å²) in [6.45, 7) is 1.62. The number of carbonyl (C=O) groups is 2. The smallest absolute Gasteiger partial charge is 0.311 e. The Morgan fingerprint density at radius 3 is 2.64 bits per heavy atom. The zero-order chi connectivity index (χ0) is 17.6. The van der Waals surface area contributed by atoms with Crippen LogP contribution >= 0.6 is 0 Å². The predicted molar refractivity (Wildman–Crippen MR) is 96.0 cm³/mol. The second-order valence-corrected chi connectivity index (χ2v) is 6.45. The quantitative estimate of drug-likeness (QED) is 0.851. The summed E-state index contributed by atoms with van der Waals surface area (Å²) in [6.07, 6.45) is 2.37. The molecule has 2 atom stereocenters. The molecule has 4 heteroatoms. The van der Waals surface area contributed by atoms with E-state index in [4.69, 9.17) is 4.74 Å². The van der Waals surface area contributed by atoms with E-state index < -0.39 is 12.1 Å². The first-order valence-electron chi connectivity index (χ1n) is 8.75. The van der Waals surface area contributed by atoms with Crippen molar-refractivity contribution in [2.24, 2.45) is 0 Å². The van der Waals surface area contributed by atoms with Crippen molar-refractivity contribution in [1.29, 1.82) is 0 Å². The van der Waals surface area contributed by atoms with Gasteiger partial charge < -0.3 is 10.1 Å². The molecule has 0 spiro atoms. The van der Waals surface area contributed by atoms with Gasteiger partial charge in [0.25, 0.3) is 5.91 Å². The van der Waals surface area contributed by atoms with E-state index in [0.717, 1.165) is 24.8 Å². The largest absolute Gasteiger partial charge is 0.452 e. The van der Waals surface area contributed by atoms with Crippen LogP contribution in [0.15, 0.2) is 54.6 Å². The molecular weight excluding hydrogens is 314 g/mol. The van der Waals surface area contributed by atoms with Crippen molar-refractivity contribution in [3.8, 4) is 0 Å². The Morgan fingerprint density at radius 1 is 1.12 bits per heavy atom. The monoisotopic (exact) mass is 337 g/mol. The number of hydrogen-bond acceptors (Lipinski definition) is 3.